The average molecular weight is 236 g/mol. The van der Waals surface area contributed by atoms with E-state index in [9.17, 15) is 4.79 Å². The van der Waals surface area contributed by atoms with Crippen molar-refractivity contribution in [3.05, 3.63) is 22.7 Å². The van der Waals surface area contributed by atoms with Crippen LogP contribution in [0.3, 0.4) is 0 Å². The van der Waals surface area contributed by atoms with Crippen LogP contribution in [0.5, 0.6) is 0 Å². The van der Waals surface area contributed by atoms with Crippen LogP contribution in [0.25, 0.3) is 0 Å². The predicted molar refractivity (Wildman–Crippen MR) is 68.2 cm³/mol. The molecular weight excluding hydrogens is 216 g/mol. The molecule has 94 valence electrons. The van der Waals surface area contributed by atoms with Crippen LogP contribution in [-0.4, -0.2) is 28.7 Å². The summed E-state index contributed by atoms with van der Waals surface area (Å²) in [5.74, 6) is 0.588. The van der Waals surface area contributed by atoms with Crippen LogP contribution in [0.4, 0.5) is 5.82 Å². The van der Waals surface area contributed by atoms with Gasteiger partial charge in [-0.3, -0.25) is 4.79 Å². The Kier molecular flexibility index (Phi) is 3.78. The maximum atomic E-state index is 12.2. The van der Waals surface area contributed by atoms with Gasteiger partial charge in [-0.1, -0.05) is 0 Å². The number of hydrogen-bond acceptors (Lipinski definition) is 4. The molecule has 0 aliphatic heterocycles. The average Bonchev–Trinajstić information content (AvgIpc) is 3.16. The summed E-state index contributed by atoms with van der Waals surface area (Å²) in [4.78, 5) is 18.5. The third-order valence-corrected chi connectivity index (χ3v) is 3.10. The highest BCUT2D eigenvalue weighted by atomic mass is 16.1. The molecule has 1 aromatic heterocycles. The Labute approximate surface area is 101 Å². The Morgan fingerprint density at radius 1 is 1.59 bits per heavy atom. The Balaban J connectivity index is 2.25. The minimum Gasteiger partial charge on any atom is -0.349 e. The topological polar surface area (TPSA) is 64.2 Å². The first-order valence-electron chi connectivity index (χ1n) is 6.30. The van der Waals surface area contributed by atoms with E-state index in [1.165, 1.54) is 0 Å². The first kappa shape index (κ1) is 12.1. The quantitative estimate of drug-likeness (QED) is 0.784. The highest BCUT2D eigenvalue weighted by Gasteiger charge is 2.31. The molecule has 5 nitrogen and oxygen atoms in total. The molecule has 1 aliphatic rings. The molecule has 0 bridgehead atoms. The second-order valence-electron chi connectivity index (χ2n) is 4.41. The molecule has 2 rings (SSSR count). The molecule has 1 aromatic rings. The predicted octanol–water partition coefficient (Wildman–Crippen LogP) is 0.581. The zero-order chi connectivity index (χ0) is 12.3. The van der Waals surface area contributed by atoms with E-state index in [-0.39, 0.29) is 5.56 Å². The molecule has 0 unspecified atom stereocenters. The van der Waals surface area contributed by atoms with Gasteiger partial charge in [-0.2, -0.15) is 0 Å². The third kappa shape index (κ3) is 2.66. The minimum atomic E-state index is 0.0129. The van der Waals surface area contributed by atoms with E-state index in [1.807, 2.05) is 6.92 Å². The van der Waals surface area contributed by atoms with E-state index in [4.69, 9.17) is 5.73 Å². The fourth-order valence-electron chi connectivity index (χ4n) is 1.99. The lowest BCUT2D eigenvalue weighted by Crippen LogP contribution is -2.36. The van der Waals surface area contributed by atoms with Crippen molar-refractivity contribution in [3.63, 3.8) is 0 Å². The molecular formula is C12H20N4O. The molecule has 0 saturated heterocycles. The van der Waals surface area contributed by atoms with Gasteiger partial charge in [0.15, 0.2) is 5.82 Å². The number of aryl methyl sites for hydroxylation is 1. The van der Waals surface area contributed by atoms with E-state index < -0.39 is 0 Å². The molecule has 1 saturated carbocycles. The second kappa shape index (κ2) is 5.31. The highest BCUT2D eigenvalue weighted by Crippen LogP contribution is 2.29. The number of aromatic nitrogens is 2. The number of nitrogens with two attached hydrogens (primary N) is 1. The lowest BCUT2D eigenvalue weighted by atomic mass is 10.3. The number of anilines is 1. The molecule has 1 fully saturated rings. The smallest absolute Gasteiger partial charge is 0.293 e. The second-order valence-corrected chi connectivity index (χ2v) is 4.41. The fourth-order valence-corrected chi connectivity index (χ4v) is 1.99. The van der Waals surface area contributed by atoms with Crippen LogP contribution in [0.2, 0.25) is 0 Å². The van der Waals surface area contributed by atoms with E-state index >= 15 is 0 Å². The molecule has 0 amide bonds. The maximum absolute atomic E-state index is 12.2. The van der Waals surface area contributed by atoms with Crippen LogP contribution in [0.15, 0.2) is 17.2 Å². The zero-order valence-electron chi connectivity index (χ0n) is 10.3. The summed E-state index contributed by atoms with van der Waals surface area (Å²) in [7, 11) is 0. The van der Waals surface area contributed by atoms with Gasteiger partial charge in [0.1, 0.15) is 0 Å². The molecule has 0 aromatic carbocycles. The third-order valence-electron chi connectivity index (χ3n) is 3.10. The van der Waals surface area contributed by atoms with Crippen LogP contribution >= 0.6 is 0 Å². The normalized spacial score (nSPS) is 14.9. The van der Waals surface area contributed by atoms with Crippen molar-refractivity contribution in [2.75, 3.05) is 18.0 Å². The summed E-state index contributed by atoms with van der Waals surface area (Å²) in [5, 5.41) is 0. The van der Waals surface area contributed by atoms with Crippen molar-refractivity contribution in [3.8, 4) is 0 Å². The van der Waals surface area contributed by atoms with E-state index in [1.54, 1.807) is 17.0 Å². The van der Waals surface area contributed by atoms with Gasteiger partial charge >= 0.3 is 0 Å². The molecule has 0 spiro atoms. The summed E-state index contributed by atoms with van der Waals surface area (Å²) in [5.41, 5.74) is 5.55. The van der Waals surface area contributed by atoms with E-state index in [0.717, 1.165) is 25.8 Å². The maximum Gasteiger partial charge on any atom is 0.293 e. The summed E-state index contributed by atoms with van der Waals surface area (Å²) < 4.78 is 1.69. The van der Waals surface area contributed by atoms with Crippen LogP contribution < -0.4 is 16.2 Å². The van der Waals surface area contributed by atoms with Crippen molar-refractivity contribution in [2.24, 2.45) is 5.73 Å². The van der Waals surface area contributed by atoms with Gasteiger partial charge in [-0.15, -0.1) is 0 Å². The summed E-state index contributed by atoms with van der Waals surface area (Å²) in [6.45, 7) is 4.13. The molecule has 0 radical (unpaired) electrons. The van der Waals surface area contributed by atoms with Crippen molar-refractivity contribution in [2.45, 2.75) is 38.8 Å². The Bertz CT molecular complexity index is 425. The lowest BCUT2D eigenvalue weighted by Gasteiger charge is -2.22. The SMILES string of the molecule is CCn1ccnc(N(CCCN)C2CC2)c1=O. The highest BCUT2D eigenvalue weighted by molar-refractivity contribution is 5.39. The van der Waals surface area contributed by atoms with Crippen LogP contribution in [0, 0.1) is 0 Å². The van der Waals surface area contributed by atoms with Gasteiger partial charge in [0.2, 0.25) is 0 Å². The molecule has 5 heteroatoms. The van der Waals surface area contributed by atoms with Gasteiger partial charge < -0.3 is 15.2 Å². The Morgan fingerprint density at radius 2 is 2.35 bits per heavy atom. The Hall–Kier alpha value is -1.36. The van der Waals surface area contributed by atoms with Gasteiger partial charge in [0.25, 0.3) is 5.56 Å². The molecule has 0 atom stereocenters. The van der Waals surface area contributed by atoms with Gasteiger partial charge in [-0.05, 0) is 32.7 Å². The fraction of sp³-hybridized carbons (Fsp3) is 0.667. The first-order valence-corrected chi connectivity index (χ1v) is 6.30. The van der Waals surface area contributed by atoms with Crippen molar-refractivity contribution in [1.29, 1.82) is 0 Å². The van der Waals surface area contributed by atoms with Gasteiger partial charge in [0, 0.05) is 31.5 Å². The monoisotopic (exact) mass is 236 g/mol. The minimum absolute atomic E-state index is 0.0129. The van der Waals surface area contributed by atoms with Crippen molar-refractivity contribution in [1.82, 2.24) is 9.55 Å². The molecule has 17 heavy (non-hydrogen) atoms. The summed E-state index contributed by atoms with van der Waals surface area (Å²) in [6, 6.07) is 0.495. The van der Waals surface area contributed by atoms with Crippen molar-refractivity contribution < 1.29 is 0 Å². The number of hydrogen-bond donors (Lipinski definition) is 1. The lowest BCUT2D eigenvalue weighted by molar-refractivity contribution is 0.678. The van der Waals surface area contributed by atoms with E-state index in [0.29, 0.717) is 24.9 Å². The number of nitrogens with zero attached hydrogens (tertiary/aromatic N) is 3. The van der Waals surface area contributed by atoms with Crippen molar-refractivity contribution >= 4 is 5.82 Å². The molecule has 2 N–H and O–H groups in total. The largest absolute Gasteiger partial charge is 0.349 e. The molecule has 1 heterocycles. The standard InChI is InChI=1S/C12H20N4O/c1-2-15-9-7-14-11(12(15)17)16(8-3-6-13)10-4-5-10/h7,9-10H,2-6,8,13H2,1H3. The van der Waals surface area contributed by atoms with Gasteiger partial charge in [-0.25, -0.2) is 4.98 Å². The van der Waals surface area contributed by atoms with Crippen LogP contribution in [-0.2, 0) is 6.54 Å². The van der Waals surface area contributed by atoms with Crippen LogP contribution in [0.1, 0.15) is 26.2 Å². The number of rotatable bonds is 6. The Morgan fingerprint density at radius 3 is 2.94 bits per heavy atom. The zero-order valence-corrected chi connectivity index (χ0v) is 10.3. The van der Waals surface area contributed by atoms with Gasteiger partial charge in [0.05, 0.1) is 0 Å². The van der Waals surface area contributed by atoms with E-state index in [2.05, 4.69) is 9.88 Å². The molecule has 1 aliphatic carbocycles. The first-order chi connectivity index (χ1) is 8.27. The summed E-state index contributed by atoms with van der Waals surface area (Å²) in [6.07, 6.45) is 6.66. The summed E-state index contributed by atoms with van der Waals surface area (Å²) >= 11 is 0.